The van der Waals surface area contributed by atoms with Gasteiger partial charge in [0.1, 0.15) is 13.2 Å². The number of benzene rings is 3. The maximum atomic E-state index is 13.0. The molecule has 260 valence electrons. The van der Waals surface area contributed by atoms with Crippen molar-refractivity contribution in [3.8, 4) is 34.5 Å². The number of esters is 2. The number of carboxylic acids is 1. The van der Waals surface area contributed by atoms with Crippen LogP contribution in [0.15, 0.2) is 54.6 Å². The number of aliphatic hydroxyl groups is 1. The fourth-order valence-electron chi connectivity index (χ4n) is 3.91. The van der Waals surface area contributed by atoms with E-state index >= 15 is 0 Å². The molecule has 0 bridgehead atoms. The van der Waals surface area contributed by atoms with Crippen LogP contribution in [0, 0.1) is 0 Å². The van der Waals surface area contributed by atoms with Crippen LogP contribution in [0.4, 0.5) is 0 Å². The van der Waals surface area contributed by atoms with Crippen LogP contribution in [0.2, 0.25) is 0 Å². The van der Waals surface area contributed by atoms with Gasteiger partial charge in [-0.3, -0.25) is 14.4 Å². The van der Waals surface area contributed by atoms with Gasteiger partial charge >= 0.3 is 17.9 Å². The molecule has 0 aromatic heterocycles. The van der Waals surface area contributed by atoms with Crippen LogP contribution in [0.3, 0.4) is 0 Å². The number of para-hydroxylation sites is 3. The van der Waals surface area contributed by atoms with Crippen molar-refractivity contribution < 1.29 is 79.1 Å². The molecule has 0 heterocycles. The normalized spacial score (nSPS) is 12.4. The van der Waals surface area contributed by atoms with E-state index in [1.165, 1.54) is 18.2 Å². The molecule has 19 heteroatoms. The number of aliphatic hydroxyl groups excluding tert-OH is 1. The van der Waals surface area contributed by atoms with Gasteiger partial charge in [0, 0.05) is 0 Å². The SMILES string of the molecule is O=C(NC(COC(=O)C(COC(=O)C(CO)NC(=O)c1cccc(O)c1O)NC(=O)c1cccc(O)c1O)C(=O)O)c1cccc(O)c1O. The number of ether oxygens (including phenoxy) is 2. The summed E-state index contributed by atoms with van der Waals surface area (Å²) in [5, 5.41) is 84.1. The highest BCUT2D eigenvalue weighted by Gasteiger charge is 2.31. The Bertz CT molecular complexity index is 1760. The predicted octanol–water partition coefficient (Wildman–Crippen LogP) is -1.22. The second kappa shape index (κ2) is 16.2. The molecule has 0 aliphatic carbocycles. The molecular weight excluding hydrogens is 658 g/mol. The van der Waals surface area contributed by atoms with E-state index in [4.69, 9.17) is 9.47 Å². The fourth-order valence-corrected chi connectivity index (χ4v) is 3.91. The van der Waals surface area contributed by atoms with Gasteiger partial charge in [-0.2, -0.15) is 0 Å². The molecule has 3 aromatic rings. The first-order valence-corrected chi connectivity index (χ1v) is 13.8. The number of phenols is 6. The average Bonchev–Trinajstić information content (AvgIpc) is 3.06. The summed E-state index contributed by atoms with van der Waals surface area (Å²) < 4.78 is 9.91. The lowest BCUT2D eigenvalue weighted by Gasteiger charge is -2.21. The zero-order valence-corrected chi connectivity index (χ0v) is 24.9. The monoisotopic (exact) mass is 687 g/mol. The van der Waals surface area contributed by atoms with Gasteiger partial charge in [0.2, 0.25) is 0 Å². The average molecular weight is 688 g/mol. The molecule has 0 aliphatic rings. The Morgan fingerprint density at radius 2 is 0.857 bits per heavy atom. The van der Waals surface area contributed by atoms with Crippen molar-refractivity contribution in [1.29, 1.82) is 0 Å². The Balaban J connectivity index is 1.76. The molecule has 3 amide bonds. The van der Waals surface area contributed by atoms with Crippen LogP contribution < -0.4 is 16.0 Å². The summed E-state index contributed by atoms with van der Waals surface area (Å²) in [6.07, 6.45) is 0. The molecular formula is C30H29N3O16. The molecule has 0 saturated carbocycles. The molecule has 3 rings (SSSR count). The minimum absolute atomic E-state index is 0.481. The maximum Gasteiger partial charge on any atom is 0.332 e. The number of rotatable bonds is 14. The summed E-state index contributed by atoms with van der Waals surface area (Å²) >= 11 is 0. The lowest BCUT2D eigenvalue weighted by Crippen LogP contribution is -2.50. The summed E-state index contributed by atoms with van der Waals surface area (Å²) in [4.78, 5) is 75.5. The lowest BCUT2D eigenvalue weighted by molar-refractivity contribution is -0.155. The molecule has 0 aliphatic heterocycles. The first kappa shape index (κ1) is 36.7. The maximum absolute atomic E-state index is 13.0. The van der Waals surface area contributed by atoms with Crippen molar-refractivity contribution in [3.05, 3.63) is 71.3 Å². The summed E-state index contributed by atoms with van der Waals surface area (Å²) in [6, 6.07) is 4.13. The van der Waals surface area contributed by atoms with Gasteiger partial charge in [0.25, 0.3) is 17.7 Å². The van der Waals surface area contributed by atoms with Crippen LogP contribution >= 0.6 is 0 Å². The molecule has 3 atom stereocenters. The number of hydrogen-bond acceptors (Lipinski definition) is 15. The standard InChI is InChI=1S/C30H29N3O16/c34-10-16(31-25(41)13-4-1-7-19(35)22(13)38)29(46)49-12-18(33-27(43)15-6-3-9-21(37)24(15)40)30(47)48-11-17(28(44)45)32-26(42)14-5-2-8-20(36)23(14)39/h1-9,16-18,34-40H,10-12H2,(H,31,41)(H,32,42)(H,33,43)(H,44,45). The molecule has 0 spiro atoms. The number of carbonyl (C=O) groups is 6. The van der Waals surface area contributed by atoms with Crippen LogP contribution in [0.1, 0.15) is 31.1 Å². The summed E-state index contributed by atoms with van der Waals surface area (Å²) in [7, 11) is 0. The van der Waals surface area contributed by atoms with E-state index in [0.717, 1.165) is 36.4 Å². The summed E-state index contributed by atoms with van der Waals surface area (Å²) in [6.45, 7) is -3.26. The zero-order chi connectivity index (χ0) is 36.4. The van der Waals surface area contributed by atoms with E-state index in [1.807, 2.05) is 10.6 Å². The molecule has 49 heavy (non-hydrogen) atoms. The Hall–Kier alpha value is -6.76. The highest BCUT2D eigenvalue weighted by molar-refractivity contribution is 6.01. The largest absolute Gasteiger partial charge is 0.504 e. The highest BCUT2D eigenvalue weighted by atomic mass is 16.6. The van der Waals surface area contributed by atoms with Crippen LogP contribution in [-0.2, 0) is 23.9 Å². The Labute approximate surface area is 274 Å². The number of carbonyl (C=O) groups excluding carboxylic acids is 5. The number of amides is 3. The fraction of sp³-hybridized carbons (Fsp3) is 0.200. The summed E-state index contributed by atoms with van der Waals surface area (Å²) in [5.41, 5.74) is -1.56. The van der Waals surface area contributed by atoms with Crippen molar-refractivity contribution >= 4 is 35.6 Å². The zero-order valence-electron chi connectivity index (χ0n) is 24.9. The van der Waals surface area contributed by atoms with Crippen molar-refractivity contribution in [2.45, 2.75) is 18.1 Å². The molecule has 3 unspecified atom stereocenters. The van der Waals surface area contributed by atoms with Gasteiger partial charge in [-0.05, 0) is 36.4 Å². The van der Waals surface area contributed by atoms with Gasteiger partial charge in [-0.1, -0.05) is 18.2 Å². The van der Waals surface area contributed by atoms with Gasteiger partial charge in [-0.25, -0.2) is 14.4 Å². The second-order valence-electron chi connectivity index (χ2n) is 9.88. The smallest absolute Gasteiger partial charge is 0.332 e. The van der Waals surface area contributed by atoms with Gasteiger partial charge in [-0.15, -0.1) is 0 Å². The highest BCUT2D eigenvalue weighted by Crippen LogP contribution is 2.30. The van der Waals surface area contributed by atoms with E-state index < -0.39 is 125 Å². The van der Waals surface area contributed by atoms with Crippen LogP contribution in [-0.4, -0.2) is 114 Å². The Morgan fingerprint density at radius 3 is 1.22 bits per heavy atom. The lowest BCUT2D eigenvalue weighted by atomic mass is 10.1. The molecule has 0 fully saturated rings. The van der Waals surface area contributed by atoms with Crippen molar-refractivity contribution in [2.24, 2.45) is 0 Å². The quantitative estimate of drug-likeness (QED) is 0.0699. The number of hydrogen-bond donors (Lipinski definition) is 11. The van der Waals surface area contributed by atoms with Gasteiger partial charge in [0.15, 0.2) is 52.6 Å². The third-order valence-corrected chi connectivity index (χ3v) is 6.53. The number of aliphatic carboxylic acids is 1. The topological polar surface area (TPSA) is 319 Å². The first-order valence-electron chi connectivity index (χ1n) is 13.8. The number of nitrogens with one attached hydrogen (secondary N) is 3. The van der Waals surface area contributed by atoms with E-state index in [0.29, 0.717) is 0 Å². The third-order valence-electron chi connectivity index (χ3n) is 6.53. The van der Waals surface area contributed by atoms with Crippen LogP contribution in [0.25, 0.3) is 0 Å². The van der Waals surface area contributed by atoms with Crippen molar-refractivity contribution in [3.63, 3.8) is 0 Å². The molecule has 19 nitrogen and oxygen atoms in total. The number of aromatic hydroxyl groups is 6. The molecule has 11 N–H and O–H groups in total. The van der Waals surface area contributed by atoms with Crippen molar-refractivity contribution in [1.82, 2.24) is 16.0 Å². The number of phenolic OH excluding ortho intramolecular Hbond substituents is 6. The van der Waals surface area contributed by atoms with E-state index in [1.54, 1.807) is 0 Å². The number of carboxylic acid groups (broad SMARTS) is 1. The summed E-state index contributed by atoms with van der Waals surface area (Å²) in [5.74, 6) is -12.8. The minimum Gasteiger partial charge on any atom is -0.504 e. The Morgan fingerprint density at radius 1 is 0.531 bits per heavy atom. The van der Waals surface area contributed by atoms with Gasteiger partial charge < -0.3 is 66.3 Å². The first-order chi connectivity index (χ1) is 23.2. The molecule has 3 aromatic carbocycles. The van der Waals surface area contributed by atoms with Gasteiger partial charge in [0.05, 0.1) is 23.3 Å². The minimum atomic E-state index is -1.98. The second-order valence-corrected chi connectivity index (χ2v) is 9.88. The third kappa shape index (κ3) is 9.16. The van der Waals surface area contributed by atoms with E-state index in [2.05, 4.69) is 5.32 Å². The van der Waals surface area contributed by atoms with Crippen LogP contribution in [0.5, 0.6) is 34.5 Å². The van der Waals surface area contributed by atoms with Crippen molar-refractivity contribution in [2.75, 3.05) is 19.8 Å². The molecule has 0 radical (unpaired) electrons. The molecule has 0 saturated heterocycles. The van der Waals surface area contributed by atoms with E-state index in [-0.39, 0.29) is 0 Å². The van der Waals surface area contributed by atoms with E-state index in [9.17, 15) is 69.6 Å². The predicted molar refractivity (Wildman–Crippen MR) is 160 cm³/mol. The Kier molecular flexibility index (Phi) is 12.1.